The van der Waals surface area contributed by atoms with Crippen LogP contribution in [0.25, 0.3) is 11.3 Å². The molecule has 23 heavy (non-hydrogen) atoms. The summed E-state index contributed by atoms with van der Waals surface area (Å²) in [5.74, 6) is 0.115. The Morgan fingerprint density at radius 1 is 1.30 bits per heavy atom. The molecule has 4 nitrogen and oxygen atoms in total. The average molecular weight is 351 g/mol. The molecular weight excluding hydrogens is 332 g/mol. The van der Waals surface area contributed by atoms with E-state index in [2.05, 4.69) is 4.98 Å². The maximum Gasteiger partial charge on any atom is 0.229 e. The Bertz CT molecular complexity index is 676. The highest BCUT2D eigenvalue weighted by Gasteiger charge is 2.26. The maximum atomic E-state index is 12.5. The van der Waals surface area contributed by atoms with Gasteiger partial charge in [0.05, 0.1) is 24.3 Å². The number of hydrogen-bond donors (Lipinski definition) is 0. The smallest absolute Gasteiger partial charge is 0.229 e. The molecule has 0 aliphatic carbocycles. The molecule has 0 spiro atoms. The summed E-state index contributed by atoms with van der Waals surface area (Å²) >= 11 is 7.42. The van der Waals surface area contributed by atoms with E-state index in [-0.39, 0.29) is 18.1 Å². The zero-order chi connectivity index (χ0) is 16.4. The molecule has 0 saturated carbocycles. The summed E-state index contributed by atoms with van der Waals surface area (Å²) in [6, 6.07) is 7.57. The zero-order valence-electron chi connectivity index (χ0n) is 13.2. The fourth-order valence-electron chi connectivity index (χ4n) is 2.77. The van der Waals surface area contributed by atoms with Crippen LogP contribution in [0.2, 0.25) is 5.02 Å². The van der Waals surface area contributed by atoms with Gasteiger partial charge in [-0.3, -0.25) is 4.79 Å². The van der Waals surface area contributed by atoms with Gasteiger partial charge in [-0.15, -0.1) is 11.3 Å². The Hall–Kier alpha value is -1.43. The largest absolute Gasteiger partial charge is 0.372 e. The summed E-state index contributed by atoms with van der Waals surface area (Å²) < 4.78 is 5.67. The number of rotatable bonds is 3. The van der Waals surface area contributed by atoms with E-state index in [4.69, 9.17) is 16.3 Å². The molecular formula is C17H19ClN2O2S. The Balaban J connectivity index is 1.66. The number of ether oxygens (including phenoxy) is 1. The molecule has 2 heterocycles. The van der Waals surface area contributed by atoms with Crippen molar-refractivity contribution in [2.24, 2.45) is 0 Å². The Labute approximate surface area is 145 Å². The SMILES string of the molecule is CC1CN(C(=O)Cc2nc(-c3ccc(Cl)cc3)cs2)CC(C)O1. The second kappa shape index (κ2) is 6.99. The molecule has 2 atom stereocenters. The first-order valence-corrected chi connectivity index (χ1v) is 8.90. The Morgan fingerprint density at radius 3 is 2.61 bits per heavy atom. The van der Waals surface area contributed by atoms with Crippen molar-refractivity contribution in [3.63, 3.8) is 0 Å². The number of amides is 1. The van der Waals surface area contributed by atoms with Gasteiger partial charge in [0.15, 0.2) is 0 Å². The van der Waals surface area contributed by atoms with Crippen LogP contribution in [-0.2, 0) is 16.0 Å². The summed E-state index contributed by atoms with van der Waals surface area (Å²) in [5, 5.41) is 3.53. The Kier molecular flexibility index (Phi) is 4.99. The van der Waals surface area contributed by atoms with Crippen molar-refractivity contribution in [1.82, 2.24) is 9.88 Å². The lowest BCUT2D eigenvalue weighted by atomic mass is 10.2. The van der Waals surface area contributed by atoms with E-state index in [9.17, 15) is 4.79 Å². The molecule has 0 N–H and O–H groups in total. The summed E-state index contributed by atoms with van der Waals surface area (Å²) in [4.78, 5) is 18.9. The minimum atomic E-state index is 0.0867. The van der Waals surface area contributed by atoms with Crippen molar-refractivity contribution in [1.29, 1.82) is 0 Å². The van der Waals surface area contributed by atoms with Crippen LogP contribution in [0.5, 0.6) is 0 Å². The molecule has 3 rings (SSSR count). The van der Waals surface area contributed by atoms with E-state index in [1.807, 2.05) is 48.4 Å². The molecule has 6 heteroatoms. The van der Waals surface area contributed by atoms with Crippen LogP contribution in [0.3, 0.4) is 0 Å². The van der Waals surface area contributed by atoms with Crippen LogP contribution in [0.1, 0.15) is 18.9 Å². The van der Waals surface area contributed by atoms with Crippen molar-refractivity contribution in [3.8, 4) is 11.3 Å². The number of thiazole rings is 1. The number of halogens is 1. The van der Waals surface area contributed by atoms with E-state index < -0.39 is 0 Å². The number of carbonyl (C=O) groups is 1. The summed E-state index contributed by atoms with van der Waals surface area (Å²) in [6.45, 7) is 5.30. The molecule has 1 aromatic carbocycles. The normalized spacial score (nSPS) is 21.4. The van der Waals surface area contributed by atoms with Crippen molar-refractivity contribution in [3.05, 3.63) is 39.7 Å². The molecule has 1 aliphatic heterocycles. The topological polar surface area (TPSA) is 42.4 Å². The van der Waals surface area contributed by atoms with E-state index in [1.165, 1.54) is 11.3 Å². The van der Waals surface area contributed by atoms with Crippen LogP contribution in [0.4, 0.5) is 0 Å². The lowest BCUT2D eigenvalue weighted by molar-refractivity contribution is -0.142. The third-order valence-electron chi connectivity index (χ3n) is 3.77. The third kappa shape index (κ3) is 4.10. The van der Waals surface area contributed by atoms with Gasteiger partial charge in [-0.25, -0.2) is 4.98 Å². The fourth-order valence-corrected chi connectivity index (χ4v) is 3.69. The van der Waals surface area contributed by atoms with Gasteiger partial charge >= 0.3 is 0 Å². The number of carbonyl (C=O) groups excluding carboxylic acids is 1. The van der Waals surface area contributed by atoms with E-state index in [1.54, 1.807) is 0 Å². The van der Waals surface area contributed by atoms with Gasteiger partial charge in [-0.2, -0.15) is 0 Å². The highest BCUT2D eigenvalue weighted by Crippen LogP contribution is 2.24. The van der Waals surface area contributed by atoms with Gasteiger partial charge in [-0.05, 0) is 26.0 Å². The lowest BCUT2D eigenvalue weighted by Crippen LogP contribution is -2.48. The highest BCUT2D eigenvalue weighted by atomic mass is 35.5. The number of benzene rings is 1. The molecule has 2 unspecified atom stereocenters. The minimum Gasteiger partial charge on any atom is -0.372 e. The monoisotopic (exact) mass is 350 g/mol. The molecule has 1 fully saturated rings. The standard InChI is InChI=1S/C17H19ClN2O2S/c1-11-8-20(9-12(2)22-11)17(21)7-16-19-15(10-23-16)13-3-5-14(18)6-4-13/h3-6,10-12H,7-9H2,1-2H3. The molecule has 0 radical (unpaired) electrons. The van der Waals surface area contributed by atoms with Crippen LogP contribution in [0, 0.1) is 0 Å². The first-order chi connectivity index (χ1) is 11.0. The van der Waals surface area contributed by atoms with E-state index in [0.717, 1.165) is 16.3 Å². The first-order valence-electron chi connectivity index (χ1n) is 7.65. The van der Waals surface area contributed by atoms with E-state index >= 15 is 0 Å². The summed E-state index contributed by atoms with van der Waals surface area (Å²) in [7, 11) is 0. The number of hydrogen-bond acceptors (Lipinski definition) is 4. The van der Waals surface area contributed by atoms with Gasteiger partial charge in [0.1, 0.15) is 5.01 Å². The average Bonchev–Trinajstić information content (AvgIpc) is 2.95. The summed E-state index contributed by atoms with van der Waals surface area (Å²) in [5.41, 5.74) is 1.90. The van der Waals surface area contributed by atoms with Gasteiger partial charge in [0, 0.05) is 29.1 Å². The second-order valence-electron chi connectivity index (χ2n) is 5.87. The number of aromatic nitrogens is 1. The van der Waals surface area contributed by atoms with E-state index in [0.29, 0.717) is 24.5 Å². The van der Waals surface area contributed by atoms with Crippen LogP contribution in [0.15, 0.2) is 29.6 Å². The number of morpholine rings is 1. The predicted molar refractivity (Wildman–Crippen MR) is 92.9 cm³/mol. The highest BCUT2D eigenvalue weighted by molar-refractivity contribution is 7.10. The maximum absolute atomic E-state index is 12.5. The molecule has 1 aliphatic rings. The lowest BCUT2D eigenvalue weighted by Gasteiger charge is -2.35. The fraction of sp³-hybridized carbons (Fsp3) is 0.412. The van der Waals surface area contributed by atoms with Crippen molar-refractivity contribution in [2.75, 3.05) is 13.1 Å². The third-order valence-corrected chi connectivity index (χ3v) is 4.87. The first kappa shape index (κ1) is 16.4. The molecule has 1 amide bonds. The van der Waals surface area contributed by atoms with Crippen LogP contribution in [-0.4, -0.2) is 41.1 Å². The molecule has 1 aromatic heterocycles. The number of nitrogens with zero attached hydrogens (tertiary/aromatic N) is 2. The van der Waals surface area contributed by atoms with Gasteiger partial charge in [0.25, 0.3) is 0 Å². The van der Waals surface area contributed by atoms with Crippen molar-refractivity contribution in [2.45, 2.75) is 32.5 Å². The van der Waals surface area contributed by atoms with Crippen molar-refractivity contribution < 1.29 is 9.53 Å². The van der Waals surface area contributed by atoms with Crippen LogP contribution >= 0.6 is 22.9 Å². The minimum absolute atomic E-state index is 0.0867. The van der Waals surface area contributed by atoms with Gasteiger partial charge in [-0.1, -0.05) is 23.7 Å². The van der Waals surface area contributed by atoms with Crippen molar-refractivity contribution >= 4 is 28.8 Å². The Morgan fingerprint density at radius 2 is 1.96 bits per heavy atom. The molecule has 0 bridgehead atoms. The quantitative estimate of drug-likeness (QED) is 0.848. The second-order valence-corrected chi connectivity index (χ2v) is 7.25. The molecule has 2 aromatic rings. The van der Waals surface area contributed by atoms with Gasteiger partial charge < -0.3 is 9.64 Å². The molecule has 122 valence electrons. The summed E-state index contributed by atoms with van der Waals surface area (Å²) in [6.07, 6.45) is 0.518. The molecule has 1 saturated heterocycles. The van der Waals surface area contributed by atoms with Gasteiger partial charge in [0.2, 0.25) is 5.91 Å². The predicted octanol–water partition coefficient (Wildman–Crippen LogP) is 3.64. The zero-order valence-corrected chi connectivity index (χ0v) is 14.7. The van der Waals surface area contributed by atoms with Crippen LogP contribution < -0.4 is 0 Å².